The van der Waals surface area contributed by atoms with Crippen molar-refractivity contribution in [1.29, 1.82) is 0 Å². The van der Waals surface area contributed by atoms with Crippen LogP contribution in [0.4, 0.5) is 0 Å². The van der Waals surface area contributed by atoms with Gasteiger partial charge >= 0.3 is 5.97 Å². The van der Waals surface area contributed by atoms with Gasteiger partial charge < -0.3 is 10.1 Å². The molecule has 6 heteroatoms. The summed E-state index contributed by atoms with van der Waals surface area (Å²) in [4.78, 5) is 11.1. The highest BCUT2D eigenvalue weighted by Crippen LogP contribution is 2.24. The fraction of sp³-hybridized carbons (Fsp3) is 0.636. The molecule has 0 aromatic carbocycles. The number of nitrogens with one attached hydrogen (secondary N) is 1. The molecule has 0 saturated heterocycles. The van der Waals surface area contributed by atoms with Gasteiger partial charge in [0.05, 0.1) is 23.6 Å². The Kier molecular flexibility index (Phi) is 5.50. The van der Waals surface area contributed by atoms with E-state index in [9.17, 15) is 4.79 Å². The summed E-state index contributed by atoms with van der Waals surface area (Å²) in [5.41, 5.74) is 2.16. The molecule has 0 fully saturated rings. The Hall–Kier alpha value is -1.01. The van der Waals surface area contributed by atoms with E-state index in [-0.39, 0.29) is 5.97 Å². The van der Waals surface area contributed by atoms with E-state index in [1.807, 2.05) is 18.7 Å². The van der Waals surface area contributed by atoms with E-state index < -0.39 is 0 Å². The number of esters is 1. The van der Waals surface area contributed by atoms with Gasteiger partial charge in [-0.05, 0) is 13.5 Å². The second-order valence-corrected chi connectivity index (χ2v) is 4.60. The van der Waals surface area contributed by atoms with Crippen LogP contribution in [-0.2, 0) is 23.1 Å². The van der Waals surface area contributed by atoms with Crippen molar-refractivity contribution in [3.05, 3.63) is 11.3 Å². The van der Waals surface area contributed by atoms with E-state index in [0.29, 0.717) is 5.75 Å². The van der Waals surface area contributed by atoms with Crippen LogP contribution in [0.2, 0.25) is 0 Å². The average molecular weight is 257 g/mol. The minimum atomic E-state index is -0.219. The van der Waals surface area contributed by atoms with Crippen LogP contribution >= 0.6 is 11.8 Å². The number of rotatable bonds is 6. The number of carbonyl (C=O) groups excluding carboxylic acids is 1. The number of hydrogen-bond acceptors (Lipinski definition) is 5. The Morgan fingerprint density at radius 1 is 1.59 bits per heavy atom. The van der Waals surface area contributed by atoms with Crippen LogP contribution < -0.4 is 5.32 Å². The van der Waals surface area contributed by atoms with Crippen molar-refractivity contribution in [2.24, 2.45) is 7.05 Å². The second-order valence-electron chi connectivity index (χ2n) is 3.64. The molecule has 96 valence electrons. The SMILES string of the molecule is CCNCc1c(C)nn(C)c1SCC(=O)OC. The molecule has 1 rings (SSSR count). The van der Waals surface area contributed by atoms with Gasteiger partial charge in [-0.1, -0.05) is 18.7 Å². The third-order valence-electron chi connectivity index (χ3n) is 2.39. The third-order valence-corrected chi connectivity index (χ3v) is 3.56. The molecule has 0 radical (unpaired) electrons. The lowest BCUT2D eigenvalue weighted by molar-refractivity contribution is -0.137. The molecule has 0 atom stereocenters. The zero-order chi connectivity index (χ0) is 12.8. The summed E-state index contributed by atoms with van der Waals surface area (Å²) in [6.07, 6.45) is 0. The molecule has 0 aliphatic rings. The Morgan fingerprint density at radius 2 is 2.29 bits per heavy atom. The molecule has 0 saturated carbocycles. The van der Waals surface area contributed by atoms with Crippen molar-refractivity contribution in [1.82, 2.24) is 15.1 Å². The molecule has 0 unspecified atom stereocenters. The number of methoxy groups -OCH3 is 1. The third kappa shape index (κ3) is 3.74. The van der Waals surface area contributed by atoms with E-state index >= 15 is 0 Å². The average Bonchev–Trinajstić information content (AvgIpc) is 2.58. The van der Waals surface area contributed by atoms with Crippen LogP contribution in [-0.4, -0.2) is 35.2 Å². The fourth-order valence-corrected chi connectivity index (χ4v) is 2.50. The summed E-state index contributed by atoms with van der Waals surface area (Å²) in [7, 11) is 3.29. The molecule has 5 nitrogen and oxygen atoms in total. The highest BCUT2D eigenvalue weighted by molar-refractivity contribution is 7.99. The monoisotopic (exact) mass is 257 g/mol. The molecular weight excluding hydrogens is 238 g/mol. The quantitative estimate of drug-likeness (QED) is 0.611. The van der Waals surface area contributed by atoms with Gasteiger partial charge in [-0.15, -0.1) is 0 Å². The predicted octanol–water partition coefficient (Wildman–Crippen LogP) is 1.10. The zero-order valence-corrected chi connectivity index (χ0v) is 11.6. The summed E-state index contributed by atoms with van der Waals surface area (Å²) in [5.74, 6) is 0.0949. The molecular formula is C11H19N3O2S. The first-order chi connectivity index (χ1) is 8.10. The van der Waals surface area contributed by atoms with Gasteiger partial charge in [0, 0.05) is 19.2 Å². The van der Waals surface area contributed by atoms with Crippen LogP contribution in [0.5, 0.6) is 0 Å². The predicted molar refractivity (Wildman–Crippen MR) is 68.1 cm³/mol. The maximum absolute atomic E-state index is 11.1. The van der Waals surface area contributed by atoms with E-state index in [1.54, 1.807) is 0 Å². The van der Waals surface area contributed by atoms with Gasteiger partial charge in [0.2, 0.25) is 0 Å². The van der Waals surface area contributed by atoms with Crippen molar-refractivity contribution in [3.8, 4) is 0 Å². The van der Waals surface area contributed by atoms with Crippen LogP contribution in [0, 0.1) is 6.92 Å². The number of carbonyl (C=O) groups is 1. The number of ether oxygens (including phenoxy) is 1. The van der Waals surface area contributed by atoms with Gasteiger partial charge in [-0.25, -0.2) is 0 Å². The summed E-state index contributed by atoms with van der Waals surface area (Å²) in [6, 6.07) is 0. The van der Waals surface area contributed by atoms with Crippen LogP contribution in [0.25, 0.3) is 0 Å². The van der Waals surface area contributed by atoms with Crippen LogP contribution in [0.1, 0.15) is 18.2 Å². The molecule has 0 aliphatic heterocycles. The summed E-state index contributed by atoms with van der Waals surface area (Å²) < 4.78 is 6.45. The van der Waals surface area contributed by atoms with Gasteiger partial charge in [0.1, 0.15) is 0 Å². The highest BCUT2D eigenvalue weighted by atomic mass is 32.2. The maximum Gasteiger partial charge on any atom is 0.316 e. The molecule has 0 bridgehead atoms. The van der Waals surface area contributed by atoms with Crippen molar-refractivity contribution >= 4 is 17.7 Å². The summed E-state index contributed by atoms with van der Waals surface area (Å²) in [6.45, 7) is 5.73. The van der Waals surface area contributed by atoms with Crippen molar-refractivity contribution in [2.45, 2.75) is 25.4 Å². The molecule has 1 heterocycles. The molecule has 0 aliphatic carbocycles. The van der Waals surface area contributed by atoms with Gasteiger partial charge in [0.15, 0.2) is 0 Å². The topological polar surface area (TPSA) is 56.2 Å². The molecule has 1 aromatic heterocycles. The van der Waals surface area contributed by atoms with Crippen molar-refractivity contribution in [2.75, 3.05) is 19.4 Å². The maximum atomic E-state index is 11.1. The molecule has 1 aromatic rings. The number of nitrogens with zero attached hydrogens (tertiary/aromatic N) is 2. The van der Waals surface area contributed by atoms with Crippen molar-refractivity contribution < 1.29 is 9.53 Å². The van der Waals surface area contributed by atoms with E-state index in [0.717, 1.165) is 29.4 Å². The van der Waals surface area contributed by atoms with Gasteiger partial charge in [0.25, 0.3) is 0 Å². The van der Waals surface area contributed by atoms with Crippen molar-refractivity contribution in [3.63, 3.8) is 0 Å². The number of hydrogen-bond donors (Lipinski definition) is 1. The van der Waals surface area contributed by atoms with E-state index in [2.05, 4.69) is 22.1 Å². The first kappa shape index (κ1) is 14.1. The second kappa shape index (κ2) is 6.66. The summed E-state index contributed by atoms with van der Waals surface area (Å²) >= 11 is 1.46. The first-order valence-corrected chi connectivity index (χ1v) is 6.51. The van der Waals surface area contributed by atoms with Gasteiger partial charge in [-0.3, -0.25) is 9.48 Å². The smallest absolute Gasteiger partial charge is 0.316 e. The lowest BCUT2D eigenvalue weighted by Crippen LogP contribution is -2.13. The number of thioether (sulfide) groups is 1. The highest BCUT2D eigenvalue weighted by Gasteiger charge is 2.14. The Bertz CT molecular complexity index is 390. The van der Waals surface area contributed by atoms with Gasteiger partial charge in [-0.2, -0.15) is 5.10 Å². The van der Waals surface area contributed by atoms with Crippen LogP contribution in [0.3, 0.4) is 0 Å². The molecule has 0 spiro atoms. The lowest BCUT2D eigenvalue weighted by Gasteiger charge is -2.06. The number of aryl methyl sites for hydroxylation is 2. The number of aromatic nitrogens is 2. The minimum absolute atomic E-state index is 0.219. The normalized spacial score (nSPS) is 10.6. The molecule has 17 heavy (non-hydrogen) atoms. The first-order valence-electron chi connectivity index (χ1n) is 5.53. The van der Waals surface area contributed by atoms with E-state index in [1.165, 1.54) is 18.9 Å². The Morgan fingerprint density at radius 3 is 2.88 bits per heavy atom. The van der Waals surface area contributed by atoms with E-state index in [4.69, 9.17) is 0 Å². The Labute approximate surface area is 106 Å². The largest absolute Gasteiger partial charge is 0.468 e. The molecule has 1 N–H and O–H groups in total. The zero-order valence-electron chi connectivity index (χ0n) is 10.7. The lowest BCUT2D eigenvalue weighted by atomic mass is 10.2. The summed E-state index contributed by atoms with van der Waals surface area (Å²) in [5, 5.41) is 8.67. The Balaban J connectivity index is 2.77. The standard InChI is InChI=1S/C11H19N3O2S/c1-5-12-6-9-8(2)13-14(3)11(9)17-7-10(15)16-4/h12H,5-7H2,1-4H3. The minimum Gasteiger partial charge on any atom is -0.468 e. The fourth-order valence-electron chi connectivity index (χ4n) is 1.50. The van der Waals surface area contributed by atoms with Crippen LogP contribution in [0.15, 0.2) is 5.03 Å². The molecule has 0 amide bonds.